The average molecular weight is 529 g/mol. The summed E-state index contributed by atoms with van der Waals surface area (Å²) < 4.78 is 0. The summed E-state index contributed by atoms with van der Waals surface area (Å²) in [7, 11) is 0. The van der Waals surface area contributed by atoms with Crippen LogP contribution in [0.25, 0.3) is 0 Å². The number of amides is 5. The minimum Gasteiger partial charge on any atom is -0.356 e. The van der Waals surface area contributed by atoms with Gasteiger partial charge in [-0.3, -0.25) is 29.3 Å². The van der Waals surface area contributed by atoms with Gasteiger partial charge < -0.3 is 25.8 Å². The highest BCUT2D eigenvalue weighted by Crippen LogP contribution is 2.31. The Morgan fingerprint density at radius 2 is 1.89 bits per heavy atom. The van der Waals surface area contributed by atoms with Gasteiger partial charge in [-0.15, -0.1) is 0 Å². The second-order valence-electron chi connectivity index (χ2n) is 9.85. The van der Waals surface area contributed by atoms with Gasteiger partial charge in [-0.1, -0.05) is 19.4 Å². The molecular formula is C27H40N6O5. The van der Waals surface area contributed by atoms with Crippen LogP contribution in [0.5, 0.6) is 0 Å². The Bertz CT molecular complexity index is 979. The summed E-state index contributed by atoms with van der Waals surface area (Å²) in [5.74, 6) is -0.887. The molecule has 1 saturated heterocycles. The van der Waals surface area contributed by atoms with Crippen molar-refractivity contribution in [3.8, 4) is 0 Å². The number of rotatable bonds is 16. The molecule has 1 aromatic rings. The van der Waals surface area contributed by atoms with Gasteiger partial charge in [0.05, 0.1) is 0 Å². The number of benzene rings is 1. The Labute approximate surface area is 224 Å². The molecule has 0 bridgehead atoms. The van der Waals surface area contributed by atoms with E-state index in [0.29, 0.717) is 48.5 Å². The van der Waals surface area contributed by atoms with Gasteiger partial charge in [0.25, 0.3) is 5.91 Å². The van der Waals surface area contributed by atoms with E-state index < -0.39 is 11.9 Å². The number of likely N-dealkylation sites (tertiary alicyclic amines) is 1. The molecule has 1 unspecified atom stereocenters. The zero-order valence-corrected chi connectivity index (χ0v) is 22.2. The predicted molar refractivity (Wildman–Crippen MR) is 143 cm³/mol. The fraction of sp³-hybridized carbons (Fsp3) is 0.593. The molecule has 0 spiro atoms. The molecule has 38 heavy (non-hydrogen) atoms. The molecule has 208 valence electrons. The van der Waals surface area contributed by atoms with Crippen LogP contribution >= 0.6 is 0 Å². The summed E-state index contributed by atoms with van der Waals surface area (Å²) in [6, 6.07) is 4.75. The number of hydrogen-bond donors (Lipinski definition) is 4. The Morgan fingerprint density at radius 1 is 1.11 bits per heavy atom. The fourth-order valence-electron chi connectivity index (χ4n) is 5.11. The lowest BCUT2D eigenvalue weighted by Gasteiger charge is -2.31. The van der Waals surface area contributed by atoms with E-state index in [9.17, 15) is 24.0 Å². The normalized spacial score (nSPS) is 16.6. The molecule has 11 heteroatoms. The molecule has 2 heterocycles. The van der Waals surface area contributed by atoms with Gasteiger partial charge in [-0.2, -0.15) is 0 Å². The van der Waals surface area contributed by atoms with E-state index in [0.717, 1.165) is 64.8 Å². The van der Waals surface area contributed by atoms with Crippen LogP contribution in [0.1, 0.15) is 67.8 Å². The molecule has 1 fully saturated rings. The van der Waals surface area contributed by atoms with E-state index in [1.165, 1.54) is 4.90 Å². The fourth-order valence-corrected chi connectivity index (χ4v) is 5.11. The van der Waals surface area contributed by atoms with Crippen LogP contribution in [0.4, 0.5) is 5.69 Å². The van der Waals surface area contributed by atoms with Crippen molar-refractivity contribution >= 4 is 36.2 Å². The molecule has 3 rings (SSSR count). The molecule has 0 saturated carbocycles. The maximum atomic E-state index is 13.0. The second-order valence-corrected chi connectivity index (χ2v) is 9.85. The SMILES string of the molecule is CCCC(C(=O)NC=O)N1Cc2c(NC(=O)CCCCNCCN3CCC(NC=O)CC3)cccc2C1=O. The highest BCUT2D eigenvalue weighted by Gasteiger charge is 2.37. The maximum Gasteiger partial charge on any atom is 0.255 e. The van der Waals surface area contributed by atoms with E-state index >= 15 is 0 Å². The summed E-state index contributed by atoms with van der Waals surface area (Å²) in [5, 5.41) is 11.4. The third-order valence-electron chi connectivity index (χ3n) is 7.22. The summed E-state index contributed by atoms with van der Waals surface area (Å²) >= 11 is 0. The second kappa shape index (κ2) is 15.2. The van der Waals surface area contributed by atoms with Crippen LogP contribution in [0.3, 0.4) is 0 Å². The van der Waals surface area contributed by atoms with E-state index in [2.05, 4.69) is 26.2 Å². The lowest BCUT2D eigenvalue weighted by atomic mass is 10.1. The summed E-state index contributed by atoms with van der Waals surface area (Å²) in [4.78, 5) is 63.2. The third-order valence-corrected chi connectivity index (χ3v) is 7.22. The van der Waals surface area contributed by atoms with E-state index in [4.69, 9.17) is 0 Å². The van der Waals surface area contributed by atoms with Gasteiger partial charge in [0.15, 0.2) is 0 Å². The van der Waals surface area contributed by atoms with Crippen molar-refractivity contribution < 1.29 is 24.0 Å². The van der Waals surface area contributed by atoms with Gasteiger partial charge in [-0.25, -0.2) is 0 Å². The molecule has 2 aliphatic heterocycles. The highest BCUT2D eigenvalue weighted by molar-refractivity contribution is 6.04. The quantitative estimate of drug-likeness (QED) is 0.185. The highest BCUT2D eigenvalue weighted by atomic mass is 16.2. The maximum absolute atomic E-state index is 13.0. The van der Waals surface area contributed by atoms with Crippen molar-refractivity contribution in [2.75, 3.05) is 38.0 Å². The van der Waals surface area contributed by atoms with Crippen molar-refractivity contribution in [3.05, 3.63) is 29.3 Å². The number of nitrogens with zero attached hydrogens (tertiary/aromatic N) is 2. The topological polar surface area (TPSA) is 140 Å². The van der Waals surface area contributed by atoms with E-state index in [-0.39, 0.29) is 18.4 Å². The largest absolute Gasteiger partial charge is 0.356 e. The first-order chi connectivity index (χ1) is 18.5. The Balaban J connectivity index is 1.38. The third kappa shape index (κ3) is 8.09. The molecule has 11 nitrogen and oxygen atoms in total. The van der Waals surface area contributed by atoms with Crippen LogP contribution in [-0.4, -0.2) is 85.1 Å². The van der Waals surface area contributed by atoms with Crippen LogP contribution in [0.15, 0.2) is 18.2 Å². The number of unbranched alkanes of at least 4 members (excludes halogenated alkanes) is 1. The van der Waals surface area contributed by atoms with Gasteiger partial charge in [-0.05, 0) is 50.8 Å². The standard InChI is InChI=1S/C27H40N6O5/c1-2-6-24(26(37)30-19-35)33-17-22-21(27(33)38)7-5-8-23(22)31-25(36)9-3-4-12-28-13-16-32-14-10-20(11-15-32)29-18-34/h5,7-8,18-20,24,28H,2-4,6,9-17H2,1H3,(H,29,34)(H,31,36)(H,30,35,37). The Morgan fingerprint density at radius 3 is 2.61 bits per heavy atom. The van der Waals surface area contributed by atoms with E-state index in [1.54, 1.807) is 18.2 Å². The first-order valence-corrected chi connectivity index (χ1v) is 13.6. The van der Waals surface area contributed by atoms with Crippen molar-refractivity contribution in [2.24, 2.45) is 0 Å². The number of carbonyl (C=O) groups is 5. The van der Waals surface area contributed by atoms with Crippen molar-refractivity contribution in [3.63, 3.8) is 0 Å². The molecule has 0 aromatic heterocycles. The van der Waals surface area contributed by atoms with Gasteiger partial charge in [0, 0.05) is 62.0 Å². The zero-order valence-electron chi connectivity index (χ0n) is 22.2. The van der Waals surface area contributed by atoms with Crippen LogP contribution in [0, 0.1) is 0 Å². The summed E-state index contributed by atoms with van der Waals surface area (Å²) in [6.45, 7) is 6.80. The molecule has 2 aliphatic rings. The minimum atomic E-state index is -0.743. The monoisotopic (exact) mass is 528 g/mol. The number of carbonyl (C=O) groups excluding carboxylic acids is 5. The lowest BCUT2D eigenvalue weighted by molar-refractivity contribution is -0.129. The smallest absolute Gasteiger partial charge is 0.255 e. The Kier molecular flexibility index (Phi) is 11.7. The van der Waals surface area contributed by atoms with Gasteiger partial charge in [0.1, 0.15) is 6.04 Å². The molecule has 4 N–H and O–H groups in total. The lowest BCUT2D eigenvalue weighted by Crippen LogP contribution is -2.46. The number of fused-ring (bicyclic) bond motifs is 1. The molecular weight excluding hydrogens is 488 g/mol. The number of nitrogens with one attached hydrogen (secondary N) is 4. The molecule has 5 amide bonds. The van der Waals surface area contributed by atoms with Crippen molar-refractivity contribution in [1.29, 1.82) is 0 Å². The summed E-state index contributed by atoms with van der Waals surface area (Å²) in [6.07, 6.45) is 6.19. The zero-order chi connectivity index (χ0) is 27.3. The Hall–Kier alpha value is -3.31. The predicted octanol–water partition coefficient (Wildman–Crippen LogP) is 0.993. The molecule has 1 aromatic carbocycles. The number of anilines is 1. The summed E-state index contributed by atoms with van der Waals surface area (Å²) in [5.41, 5.74) is 1.74. The molecule has 0 radical (unpaired) electrons. The van der Waals surface area contributed by atoms with Crippen LogP contribution in [-0.2, 0) is 25.7 Å². The van der Waals surface area contributed by atoms with Gasteiger partial charge >= 0.3 is 0 Å². The number of hydrogen-bond acceptors (Lipinski definition) is 7. The first-order valence-electron chi connectivity index (χ1n) is 13.6. The van der Waals surface area contributed by atoms with Crippen LogP contribution in [0.2, 0.25) is 0 Å². The molecule has 1 atom stereocenters. The number of piperidine rings is 1. The average Bonchev–Trinajstić information content (AvgIpc) is 3.25. The van der Waals surface area contributed by atoms with Crippen molar-refractivity contribution in [2.45, 2.75) is 70.5 Å². The van der Waals surface area contributed by atoms with Gasteiger partial charge in [0.2, 0.25) is 24.6 Å². The van der Waals surface area contributed by atoms with Crippen molar-refractivity contribution in [1.82, 2.24) is 25.8 Å². The van der Waals surface area contributed by atoms with Crippen LogP contribution < -0.4 is 21.3 Å². The van der Waals surface area contributed by atoms with E-state index in [1.807, 2.05) is 6.92 Å². The molecule has 0 aliphatic carbocycles. The first kappa shape index (κ1) is 29.2. The minimum absolute atomic E-state index is 0.111. The number of imide groups is 1.